The van der Waals surface area contributed by atoms with E-state index in [1.165, 1.54) is 0 Å². The number of anilines is 1. The van der Waals surface area contributed by atoms with E-state index in [1.54, 1.807) is 12.3 Å². The summed E-state index contributed by atoms with van der Waals surface area (Å²) in [5.41, 5.74) is 0. The van der Waals surface area contributed by atoms with Crippen LogP contribution in [0.15, 0.2) is 18.3 Å². The number of ether oxygens (including phenoxy) is 1. The Morgan fingerprint density at radius 2 is 2.50 bits per heavy atom. The fourth-order valence-electron chi connectivity index (χ4n) is 1.64. The highest BCUT2D eigenvalue weighted by atomic mass is 16.5. The van der Waals surface area contributed by atoms with Gasteiger partial charge in [0.25, 0.3) is 5.91 Å². The van der Waals surface area contributed by atoms with Gasteiger partial charge in [0, 0.05) is 6.20 Å². The minimum atomic E-state index is -0.398. The van der Waals surface area contributed by atoms with Gasteiger partial charge in [-0.2, -0.15) is 0 Å². The van der Waals surface area contributed by atoms with Gasteiger partial charge in [-0.25, -0.2) is 4.98 Å². The summed E-state index contributed by atoms with van der Waals surface area (Å²) in [5, 5.41) is 5.78. The average Bonchev–Trinajstić information content (AvgIpc) is 2.30. The molecule has 2 rings (SSSR count). The molecule has 0 saturated heterocycles. The molecule has 1 atom stereocenters. The minimum Gasteiger partial charge on any atom is -0.477 e. The molecule has 86 valence electrons. The van der Waals surface area contributed by atoms with Gasteiger partial charge in [-0.15, -0.1) is 0 Å². The zero-order valence-electron chi connectivity index (χ0n) is 9.19. The van der Waals surface area contributed by atoms with Crippen molar-refractivity contribution in [1.29, 1.82) is 0 Å². The van der Waals surface area contributed by atoms with E-state index in [-0.39, 0.29) is 5.91 Å². The van der Waals surface area contributed by atoms with E-state index in [1.807, 2.05) is 13.1 Å². The van der Waals surface area contributed by atoms with Crippen molar-refractivity contribution in [3.8, 4) is 5.75 Å². The Bertz CT molecular complexity index is 381. The zero-order valence-corrected chi connectivity index (χ0v) is 9.19. The molecule has 2 heterocycles. The van der Waals surface area contributed by atoms with Crippen LogP contribution in [-0.2, 0) is 4.79 Å². The van der Waals surface area contributed by atoms with E-state index in [2.05, 4.69) is 15.6 Å². The summed E-state index contributed by atoms with van der Waals surface area (Å²) < 4.78 is 5.59. The highest BCUT2D eigenvalue weighted by molar-refractivity contribution is 5.96. The third-order valence-electron chi connectivity index (χ3n) is 2.47. The number of carbonyl (C=O) groups excluding carboxylic acids is 1. The smallest absolute Gasteiger partial charge is 0.266 e. The second-order valence-electron chi connectivity index (χ2n) is 3.69. The van der Waals surface area contributed by atoms with Gasteiger partial charge in [0.2, 0.25) is 0 Å². The van der Waals surface area contributed by atoms with Gasteiger partial charge in [0.1, 0.15) is 0 Å². The maximum Gasteiger partial charge on any atom is 0.266 e. The average molecular weight is 221 g/mol. The topological polar surface area (TPSA) is 63.2 Å². The first kappa shape index (κ1) is 10.9. The first-order chi connectivity index (χ1) is 7.81. The van der Waals surface area contributed by atoms with E-state index in [4.69, 9.17) is 4.74 Å². The van der Waals surface area contributed by atoms with Gasteiger partial charge in [-0.05, 0) is 38.6 Å². The van der Waals surface area contributed by atoms with Crippen molar-refractivity contribution in [2.75, 3.05) is 18.9 Å². The molecule has 0 aliphatic carbocycles. The van der Waals surface area contributed by atoms with Crippen LogP contribution in [0.2, 0.25) is 0 Å². The number of pyridine rings is 1. The van der Waals surface area contributed by atoms with Gasteiger partial charge in [0.15, 0.2) is 17.7 Å². The summed E-state index contributed by atoms with van der Waals surface area (Å²) in [4.78, 5) is 15.7. The number of nitrogens with one attached hydrogen (secondary N) is 2. The second-order valence-corrected chi connectivity index (χ2v) is 3.69. The molecule has 2 N–H and O–H groups in total. The third-order valence-corrected chi connectivity index (χ3v) is 2.47. The lowest BCUT2D eigenvalue weighted by Gasteiger charge is -2.24. The molecule has 5 heteroatoms. The van der Waals surface area contributed by atoms with Gasteiger partial charge in [-0.1, -0.05) is 0 Å². The van der Waals surface area contributed by atoms with Gasteiger partial charge in [0.05, 0.1) is 0 Å². The molecule has 0 aromatic carbocycles. The van der Waals surface area contributed by atoms with Crippen LogP contribution in [0.1, 0.15) is 12.8 Å². The highest BCUT2D eigenvalue weighted by Crippen LogP contribution is 2.27. The molecule has 1 amide bonds. The van der Waals surface area contributed by atoms with Crippen LogP contribution in [0.5, 0.6) is 5.75 Å². The first-order valence-corrected chi connectivity index (χ1v) is 5.38. The van der Waals surface area contributed by atoms with E-state index in [9.17, 15) is 4.79 Å². The summed E-state index contributed by atoms with van der Waals surface area (Å²) in [6.07, 6.45) is 2.85. The second kappa shape index (κ2) is 4.94. The normalized spacial score (nSPS) is 18.6. The molecule has 1 unspecified atom stereocenters. The van der Waals surface area contributed by atoms with E-state index < -0.39 is 6.10 Å². The Morgan fingerprint density at radius 1 is 1.62 bits per heavy atom. The summed E-state index contributed by atoms with van der Waals surface area (Å²) in [6.45, 7) is 0.882. The fourth-order valence-corrected chi connectivity index (χ4v) is 1.64. The van der Waals surface area contributed by atoms with Crippen LogP contribution in [0, 0.1) is 0 Å². The van der Waals surface area contributed by atoms with Crippen LogP contribution < -0.4 is 15.4 Å². The standard InChI is InChI=1S/C11H15N3O2/c1-12-6-2-5-9-11(15)14-10-8(16-9)4-3-7-13-10/h3-4,7,9,12H,2,5-6H2,1H3,(H,13,14,15). The predicted octanol–water partition coefficient (Wildman–Crippen LogP) is 0.781. The number of hydrogen-bond donors (Lipinski definition) is 2. The number of nitrogens with zero attached hydrogens (tertiary/aromatic N) is 1. The maximum absolute atomic E-state index is 11.7. The third kappa shape index (κ3) is 2.30. The van der Waals surface area contributed by atoms with E-state index >= 15 is 0 Å². The fraction of sp³-hybridized carbons (Fsp3) is 0.455. The number of rotatable bonds is 4. The van der Waals surface area contributed by atoms with Crippen molar-refractivity contribution < 1.29 is 9.53 Å². The number of aromatic nitrogens is 1. The Hall–Kier alpha value is -1.62. The molecule has 1 aromatic rings. The van der Waals surface area contributed by atoms with E-state index in [0.717, 1.165) is 13.0 Å². The lowest BCUT2D eigenvalue weighted by molar-refractivity contribution is -0.123. The van der Waals surface area contributed by atoms with Gasteiger partial charge >= 0.3 is 0 Å². The molecule has 0 saturated carbocycles. The summed E-state index contributed by atoms with van der Waals surface area (Å²) >= 11 is 0. The number of carbonyl (C=O) groups is 1. The summed E-state index contributed by atoms with van der Waals surface area (Å²) in [5.74, 6) is 1.05. The van der Waals surface area contributed by atoms with Crippen molar-refractivity contribution in [2.45, 2.75) is 18.9 Å². The predicted molar refractivity (Wildman–Crippen MR) is 60.4 cm³/mol. The lowest BCUT2D eigenvalue weighted by atomic mass is 10.1. The lowest BCUT2D eigenvalue weighted by Crippen LogP contribution is -2.37. The van der Waals surface area contributed by atoms with Crippen LogP contribution in [0.25, 0.3) is 0 Å². The largest absolute Gasteiger partial charge is 0.477 e. The molecule has 1 aliphatic rings. The molecule has 0 spiro atoms. The summed E-state index contributed by atoms with van der Waals surface area (Å²) in [7, 11) is 1.89. The van der Waals surface area contributed by atoms with Crippen molar-refractivity contribution in [1.82, 2.24) is 10.3 Å². The van der Waals surface area contributed by atoms with Crippen LogP contribution in [-0.4, -0.2) is 30.6 Å². The Labute approximate surface area is 94.2 Å². The Balaban J connectivity index is 2.01. The Morgan fingerprint density at radius 3 is 3.31 bits per heavy atom. The van der Waals surface area contributed by atoms with Crippen LogP contribution >= 0.6 is 0 Å². The number of hydrogen-bond acceptors (Lipinski definition) is 4. The SMILES string of the molecule is CNCCCC1Oc2cccnc2NC1=O. The molecule has 0 fully saturated rings. The molecule has 1 aliphatic heterocycles. The molecule has 0 bridgehead atoms. The Kier molecular flexibility index (Phi) is 3.36. The first-order valence-electron chi connectivity index (χ1n) is 5.38. The monoisotopic (exact) mass is 221 g/mol. The number of fused-ring (bicyclic) bond motifs is 1. The van der Waals surface area contributed by atoms with Gasteiger partial charge < -0.3 is 15.4 Å². The molecule has 16 heavy (non-hydrogen) atoms. The van der Waals surface area contributed by atoms with Crippen LogP contribution in [0.3, 0.4) is 0 Å². The van der Waals surface area contributed by atoms with Crippen molar-refractivity contribution in [3.63, 3.8) is 0 Å². The number of amides is 1. The van der Waals surface area contributed by atoms with Gasteiger partial charge in [-0.3, -0.25) is 4.79 Å². The maximum atomic E-state index is 11.7. The van der Waals surface area contributed by atoms with Crippen molar-refractivity contribution >= 4 is 11.7 Å². The highest BCUT2D eigenvalue weighted by Gasteiger charge is 2.27. The molecular weight excluding hydrogens is 206 g/mol. The van der Waals surface area contributed by atoms with Crippen LogP contribution in [0.4, 0.5) is 5.82 Å². The minimum absolute atomic E-state index is 0.109. The molecule has 5 nitrogen and oxygen atoms in total. The summed E-state index contributed by atoms with van der Waals surface area (Å²) in [6, 6.07) is 3.60. The molecule has 0 radical (unpaired) electrons. The zero-order chi connectivity index (χ0) is 11.4. The van der Waals surface area contributed by atoms with Crippen molar-refractivity contribution in [3.05, 3.63) is 18.3 Å². The molecule has 1 aromatic heterocycles. The van der Waals surface area contributed by atoms with Crippen molar-refractivity contribution in [2.24, 2.45) is 0 Å². The molecular formula is C11H15N3O2. The van der Waals surface area contributed by atoms with E-state index in [0.29, 0.717) is 18.0 Å². The quantitative estimate of drug-likeness (QED) is 0.737.